The van der Waals surface area contributed by atoms with Crippen LogP contribution < -0.4 is 15.6 Å². The molecule has 0 unspecified atom stereocenters. The van der Waals surface area contributed by atoms with Crippen LogP contribution >= 0.6 is 0 Å². The first-order chi connectivity index (χ1) is 15.6. The molecular formula is C25H20N4O3. The van der Waals surface area contributed by atoms with E-state index >= 15 is 0 Å². The molecule has 1 N–H and O–H groups in total. The fraction of sp³-hybridized carbons (Fsp3) is 0.120. The molecule has 2 amide bonds. The van der Waals surface area contributed by atoms with E-state index in [0.717, 1.165) is 12.1 Å². The van der Waals surface area contributed by atoms with Crippen molar-refractivity contribution in [3.05, 3.63) is 100 Å². The predicted octanol–water partition coefficient (Wildman–Crippen LogP) is 3.24. The van der Waals surface area contributed by atoms with Crippen LogP contribution in [-0.2, 0) is 17.8 Å². The van der Waals surface area contributed by atoms with Crippen LogP contribution in [0.15, 0.2) is 83.8 Å². The number of carbonyl (C=O) groups excluding carboxylic acids is 2. The predicted molar refractivity (Wildman–Crippen MR) is 123 cm³/mol. The number of anilines is 2. The highest BCUT2D eigenvalue weighted by atomic mass is 16.2. The van der Waals surface area contributed by atoms with Crippen LogP contribution in [0.3, 0.4) is 0 Å². The van der Waals surface area contributed by atoms with E-state index in [-0.39, 0.29) is 23.8 Å². The minimum atomic E-state index is -0.279. The van der Waals surface area contributed by atoms with Gasteiger partial charge in [-0.1, -0.05) is 30.3 Å². The van der Waals surface area contributed by atoms with Crippen LogP contribution in [0.25, 0.3) is 10.9 Å². The largest absolute Gasteiger partial charge is 0.324 e. The van der Waals surface area contributed by atoms with Crippen LogP contribution in [0.2, 0.25) is 0 Å². The molecule has 7 nitrogen and oxygen atoms in total. The smallest absolute Gasteiger partial charge is 0.258 e. The molecule has 1 aromatic heterocycles. The number of amides is 2. The summed E-state index contributed by atoms with van der Waals surface area (Å²) in [5, 5.41) is 7.41. The second-order valence-corrected chi connectivity index (χ2v) is 7.64. The van der Waals surface area contributed by atoms with Gasteiger partial charge in [0, 0.05) is 28.9 Å². The molecule has 0 saturated heterocycles. The van der Waals surface area contributed by atoms with Crippen molar-refractivity contribution in [3.8, 4) is 0 Å². The first kappa shape index (κ1) is 19.7. The van der Waals surface area contributed by atoms with Gasteiger partial charge in [0.25, 0.3) is 5.91 Å². The Balaban J connectivity index is 1.28. The molecule has 4 aromatic rings. The number of nitrogens with zero attached hydrogens (tertiary/aromatic N) is 3. The van der Waals surface area contributed by atoms with Crippen LogP contribution in [0.5, 0.6) is 0 Å². The Morgan fingerprint density at radius 3 is 2.53 bits per heavy atom. The van der Waals surface area contributed by atoms with Gasteiger partial charge in [-0.2, -0.15) is 5.10 Å². The highest BCUT2D eigenvalue weighted by Gasteiger charge is 2.25. The summed E-state index contributed by atoms with van der Waals surface area (Å²) in [6.45, 7) is 0.628. The maximum atomic E-state index is 12.9. The first-order valence-electron chi connectivity index (χ1n) is 10.3. The fourth-order valence-electron chi connectivity index (χ4n) is 4.02. The number of aromatic nitrogens is 2. The summed E-state index contributed by atoms with van der Waals surface area (Å²) in [6.07, 6.45) is 2.07. The maximum absolute atomic E-state index is 12.9. The first-order valence-corrected chi connectivity index (χ1v) is 10.3. The highest BCUT2D eigenvalue weighted by molar-refractivity contribution is 6.07. The van der Waals surface area contributed by atoms with Gasteiger partial charge in [0.2, 0.25) is 11.3 Å². The summed E-state index contributed by atoms with van der Waals surface area (Å²) in [5.74, 6) is -0.337. The van der Waals surface area contributed by atoms with Gasteiger partial charge in [-0.3, -0.25) is 19.1 Å². The van der Waals surface area contributed by atoms with Gasteiger partial charge in [0.15, 0.2) is 0 Å². The van der Waals surface area contributed by atoms with E-state index in [9.17, 15) is 14.4 Å². The molecule has 0 fully saturated rings. The van der Waals surface area contributed by atoms with Gasteiger partial charge >= 0.3 is 0 Å². The molecule has 1 aliphatic heterocycles. The van der Waals surface area contributed by atoms with Gasteiger partial charge in [-0.25, -0.2) is 0 Å². The summed E-state index contributed by atoms with van der Waals surface area (Å²) in [7, 11) is 0. The van der Waals surface area contributed by atoms with Crippen LogP contribution in [0.4, 0.5) is 11.4 Å². The molecular weight excluding hydrogens is 404 g/mol. The minimum Gasteiger partial charge on any atom is -0.324 e. The van der Waals surface area contributed by atoms with Gasteiger partial charge in [-0.15, -0.1) is 0 Å². The van der Waals surface area contributed by atoms with Crippen LogP contribution in [0.1, 0.15) is 15.9 Å². The molecule has 0 aliphatic carbocycles. The Hall–Kier alpha value is -4.26. The van der Waals surface area contributed by atoms with Crippen molar-refractivity contribution in [3.63, 3.8) is 0 Å². The zero-order valence-corrected chi connectivity index (χ0v) is 17.2. The lowest BCUT2D eigenvalue weighted by Gasteiger charge is -2.17. The van der Waals surface area contributed by atoms with E-state index in [1.807, 2.05) is 24.3 Å². The second-order valence-electron chi connectivity index (χ2n) is 7.64. The quantitative estimate of drug-likeness (QED) is 0.545. The van der Waals surface area contributed by atoms with Crippen molar-refractivity contribution in [2.45, 2.75) is 13.0 Å². The molecule has 0 atom stereocenters. The average molecular weight is 424 g/mol. The SMILES string of the molecule is O=C(Cn1ncc(=O)c2ccccc21)Nc1ccc(C(=O)N2CCc3ccccc32)cc1. The Kier molecular flexibility index (Phi) is 4.99. The lowest BCUT2D eigenvalue weighted by Crippen LogP contribution is -2.28. The maximum Gasteiger partial charge on any atom is 0.258 e. The normalized spacial score (nSPS) is 12.6. The number of carbonyl (C=O) groups is 2. The van der Waals surface area contributed by atoms with Crippen LogP contribution in [-0.4, -0.2) is 28.1 Å². The molecule has 0 radical (unpaired) electrons. The number of rotatable bonds is 4. The van der Waals surface area contributed by atoms with E-state index in [2.05, 4.69) is 10.4 Å². The number of fused-ring (bicyclic) bond motifs is 2. The average Bonchev–Trinajstić information content (AvgIpc) is 3.25. The molecule has 2 heterocycles. The lowest BCUT2D eigenvalue weighted by atomic mass is 10.1. The lowest BCUT2D eigenvalue weighted by molar-refractivity contribution is -0.116. The molecule has 0 saturated carbocycles. The Morgan fingerprint density at radius 1 is 0.938 bits per heavy atom. The van der Waals surface area contributed by atoms with Crippen molar-refractivity contribution in [2.75, 3.05) is 16.8 Å². The molecule has 5 rings (SSSR count). The Bertz CT molecular complexity index is 1390. The summed E-state index contributed by atoms with van der Waals surface area (Å²) >= 11 is 0. The third-order valence-electron chi connectivity index (χ3n) is 5.60. The summed E-state index contributed by atoms with van der Waals surface area (Å²) in [6, 6.07) is 21.8. The summed E-state index contributed by atoms with van der Waals surface area (Å²) < 4.78 is 1.49. The van der Waals surface area contributed by atoms with E-state index in [0.29, 0.717) is 28.7 Å². The van der Waals surface area contributed by atoms with Gasteiger partial charge in [-0.05, 0) is 54.4 Å². The molecule has 1 aliphatic rings. The number of nitrogens with one attached hydrogen (secondary N) is 1. The van der Waals surface area contributed by atoms with Crippen molar-refractivity contribution in [1.82, 2.24) is 9.78 Å². The standard InChI is InChI=1S/C25H20N4O3/c30-23-15-26-29(22-8-4-2-6-20(22)23)16-24(31)27-19-11-9-18(10-12-19)25(32)28-14-13-17-5-1-3-7-21(17)28/h1-12,15H,13-14,16H2,(H,27,31). The van der Waals surface area contributed by atoms with Crippen molar-refractivity contribution in [1.29, 1.82) is 0 Å². The molecule has 0 bridgehead atoms. The zero-order valence-electron chi connectivity index (χ0n) is 17.2. The minimum absolute atomic E-state index is 0.0357. The molecule has 32 heavy (non-hydrogen) atoms. The van der Waals surface area contributed by atoms with E-state index in [1.54, 1.807) is 53.4 Å². The second kappa shape index (κ2) is 8.11. The van der Waals surface area contributed by atoms with Crippen molar-refractivity contribution in [2.24, 2.45) is 0 Å². The number of hydrogen-bond donors (Lipinski definition) is 1. The van der Waals surface area contributed by atoms with Gasteiger partial charge in [0.1, 0.15) is 6.54 Å². The van der Waals surface area contributed by atoms with Gasteiger partial charge < -0.3 is 10.2 Å². The van der Waals surface area contributed by atoms with Crippen molar-refractivity contribution < 1.29 is 9.59 Å². The number of para-hydroxylation sites is 2. The van der Waals surface area contributed by atoms with E-state index in [4.69, 9.17) is 0 Å². The van der Waals surface area contributed by atoms with E-state index < -0.39 is 0 Å². The monoisotopic (exact) mass is 424 g/mol. The summed E-state index contributed by atoms with van der Waals surface area (Å²) in [5.41, 5.74) is 3.69. The third kappa shape index (κ3) is 3.65. The topological polar surface area (TPSA) is 84.3 Å². The van der Waals surface area contributed by atoms with Crippen LogP contribution in [0, 0.1) is 0 Å². The zero-order chi connectivity index (χ0) is 22.1. The summed E-state index contributed by atoms with van der Waals surface area (Å²) in [4.78, 5) is 39.2. The highest BCUT2D eigenvalue weighted by Crippen LogP contribution is 2.29. The molecule has 0 spiro atoms. The Morgan fingerprint density at radius 2 is 1.69 bits per heavy atom. The fourth-order valence-corrected chi connectivity index (χ4v) is 4.02. The molecule has 158 valence electrons. The van der Waals surface area contributed by atoms with Gasteiger partial charge in [0.05, 0.1) is 11.7 Å². The molecule has 3 aromatic carbocycles. The van der Waals surface area contributed by atoms with Crippen molar-refractivity contribution >= 4 is 34.1 Å². The van der Waals surface area contributed by atoms with E-state index in [1.165, 1.54) is 16.4 Å². The third-order valence-corrected chi connectivity index (χ3v) is 5.60. The number of hydrogen-bond acceptors (Lipinski definition) is 4. The molecule has 7 heteroatoms. The number of benzene rings is 3. The Labute approximate surface area is 183 Å².